The molecule has 0 amide bonds. The first-order valence-corrected chi connectivity index (χ1v) is 7.18. The molecule has 0 aliphatic rings. The molecular weight excluding hydrogens is 230 g/mol. The third kappa shape index (κ3) is 3.23. The summed E-state index contributed by atoms with van der Waals surface area (Å²) in [6.45, 7) is 6.57. The molecule has 1 aromatic heterocycles. The van der Waals surface area contributed by atoms with Crippen molar-refractivity contribution in [3.05, 3.63) is 53.2 Å². The first-order valence-electron chi connectivity index (χ1n) is 7.18. The van der Waals surface area contributed by atoms with Crippen LogP contribution in [-0.2, 0) is 13.5 Å². The lowest BCUT2D eigenvalue weighted by atomic mass is 9.98. The lowest BCUT2D eigenvalue weighted by molar-refractivity contribution is -0.660. The molecule has 1 heteroatoms. The van der Waals surface area contributed by atoms with Crippen LogP contribution in [0.4, 0.5) is 0 Å². The van der Waals surface area contributed by atoms with Crippen molar-refractivity contribution in [1.82, 2.24) is 0 Å². The van der Waals surface area contributed by atoms with Crippen molar-refractivity contribution in [3.63, 3.8) is 0 Å². The van der Waals surface area contributed by atoms with Crippen LogP contribution in [0.3, 0.4) is 0 Å². The lowest BCUT2D eigenvalue weighted by Gasteiger charge is -2.08. The van der Waals surface area contributed by atoms with Gasteiger partial charge < -0.3 is 0 Å². The van der Waals surface area contributed by atoms with Crippen molar-refractivity contribution in [2.24, 2.45) is 7.05 Å². The van der Waals surface area contributed by atoms with Gasteiger partial charge in [0.25, 0.3) is 0 Å². The zero-order valence-corrected chi connectivity index (χ0v) is 12.5. The van der Waals surface area contributed by atoms with Crippen molar-refractivity contribution in [2.45, 2.75) is 40.0 Å². The van der Waals surface area contributed by atoms with Crippen molar-refractivity contribution in [1.29, 1.82) is 0 Å². The SMILES string of the molecule is CCCCc1ccc(C)c(-c2ccc(C)c[n+]2C)c1. The van der Waals surface area contributed by atoms with Gasteiger partial charge in [0.15, 0.2) is 6.20 Å². The predicted molar refractivity (Wildman–Crippen MR) is 81.1 cm³/mol. The molecule has 0 saturated heterocycles. The van der Waals surface area contributed by atoms with Crippen LogP contribution in [0, 0.1) is 13.8 Å². The van der Waals surface area contributed by atoms with Crippen LogP contribution in [0.1, 0.15) is 36.5 Å². The number of hydrogen-bond donors (Lipinski definition) is 0. The summed E-state index contributed by atoms with van der Waals surface area (Å²) in [6.07, 6.45) is 5.89. The van der Waals surface area contributed by atoms with E-state index in [2.05, 4.69) is 68.9 Å². The minimum absolute atomic E-state index is 1.18. The molecule has 1 heterocycles. The third-order valence-corrected chi connectivity index (χ3v) is 3.68. The van der Waals surface area contributed by atoms with Crippen molar-refractivity contribution >= 4 is 0 Å². The summed E-state index contributed by atoms with van der Waals surface area (Å²) in [6, 6.07) is 11.3. The number of benzene rings is 1. The van der Waals surface area contributed by atoms with Crippen LogP contribution in [0.5, 0.6) is 0 Å². The molecule has 1 aromatic carbocycles. The maximum absolute atomic E-state index is 2.36. The zero-order chi connectivity index (χ0) is 13.8. The van der Waals surface area contributed by atoms with Crippen LogP contribution in [-0.4, -0.2) is 0 Å². The molecule has 0 aliphatic heterocycles. The first kappa shape index (κ1) is 13.8. The van der Waals surface area contributed by atoms with Gasteiger partial charge in [-0.3, -0.25) is 0 Å². The van der Waals surface area contributed by atoms with E-state index in [0.717, 1.165) is 0 Å². The predicted octanol–water partition coefficient (Wildman–Crippen LogP) is 4.14. The first-order chi connectivity index (χ1) is 9.11. The van der Waals surface area contributed by atoms with Gasteiger partial charge in [-0.2, -0.15) is 0 Å². The highest BCUT2D eigenvalue weighted by atomic mass is 14.9. The van der Waals surface area contributed by atoms with Gasteiger partial charge >= 0.3 is 0 Å². The Morgan fingerprint density at radius 1 is 1.05 bits per heavy atom. The molecular formula is C18H24N+. The van der Waals surface area contributed by atoms with Crippen LogP contribution in [0.15, 0.2) is 36.5 Å². The summed E-state index contributed by atoms with van der Waals surface area (Å²) >= 11 is 0. The topological polar surface area (TPSA) is 3.88 Å². The molecule has 2 rings (SSSR count). The van der Waals surface area contributed by atoms with Crippen molar-refractivity contribution in [3.8, 4) is 11.3 Å². The summed E-state index contributed by atoms with van der Waals surface area (Å²) < 4.78 is 2.22. The second-order valence-electron chi connectivity index (χ2n) is 5.46. The molecule has 19 heavy (non-hydrogen) atoms. The molecule has 0 fully saturated rings. The number of unbranched alkanes of at least 4 members (excludes halogenated alkanes) is 1. The summed E-state index contributed by atoms with van der Waals surface area (Å²) in [7, 11) is 2.13. The Bertz CT molecular complexity index is 570. The third-order valence-electron chi connectivity index (χ3n) is 3.68. The molecule has 0 saturated carbocycles. The molecule has 0 aliphatic carbocycles. The average molecular weight is 254 g/mol. The minimum atomic E-state index is 1.18. The lowest BCUT2D eigenvalue weighted by Crippen LogP contribution is -2.31. The maximum atomic E-state index is 2.36. The van der Waals surface area contributed by atoms with Crippen molar-refractivity contribution in [2.75, 3.05) is 0 Å². The highest BCUT2D eigenvalue weighted by Gasteiger charge is 2.12. The van der Waals surface area contributed by atoms with E-state index in [1.54, 1.807) is 0 Å². The molecule has 0 N–H and O–H groups in total. The Morgan fingerprint density at radius 3 is 2.53 bits per heavy atom. The Balaban J connectivity index is 2.42. The van der Waals surface area contributed by atoms with Crippen molar-refractivity contribution < 1.29 is 4.57 Å². The fourth-order valence-electron chi connectivity index (χ4n) is 2.51. The van der Waals surface area contributed by atoms with Gasteiger partial charge in [0.1, 0.15) is 7.05 Å². The normalized spacial score (nSPS) is 10.7. The molecule has 2 aromatic rings. The van der Waals surface area contributed by atoms with E-state index in [-0.39, 0.29) is 0 Å². The van der Waals surface area contributed by atoms with E-state index in [0.29, 0.717) is 0 Å². The van der Waals surface area contributed by atoms with E-state index < -0.39 is 0 Å². The molecule has 0 atom stereocenters. The monoisotopic (exact) mass is 254 g/mol. The van der Waals surface area contributed by atoms with Gasteiger partial charge in [-0.25, -0.2) is 4.57 Å². The van der Waals surface area contributed by atoms with E-state index in [1.807, 2.05) is 0 Å². The summed E-state index contributed by atoms with van der Waals surface area (Å²) in [5.41, 5.74) is 6.74. The fourth-order valence-corrected chi connectivity index (χ4v) is 2.51. The van der Waals surface area contributed by atoms with Crippen LogP contribution in [0.2, 0.25) is 0 Å². The fraction of sp³-hybridized carbons (Fsp3) is 0.389. The number of nitrogens with zero attached hydrogens (tertiary/aromatic N) is 1. The maximum Gasteiger partial charge on any atom is 0.212 e. The second-order valence-corrected chi connectivity index (χ2v) is 5.46. The number of rotatable bonds is 4. The van der Waals surface area contributed by atoms with Gasteiger partial charge in [0, 0.05) is 17.2 Å². The molecule has 0 unspecified atom stereocenters. The Kier molecular flexibility index (Phi) is 4.36. The molecule has 1 nitrogen and oxygen atoms in total. The Labute approximate surface area is 116 Å². The van der Waals surface area contributed by atoms with Gasteiger partial charge in [-0.1, -0.05) is 25.5 Å². The molecule has 0 bridgehead atoms. The van der Waals surface area contributed by atoms with E-state index >= 15 is 0 Å². The van der Waals surface area contributed by atoms with Gasteiger partial charge in [0.2, 0.25) is 5.69 Å². The van der Waals surface area contributed by atoms with Crippen LogP contribution < -0.4 is 4.57 Å². The summed E-state index contributed by atoms with van der Waals surface area (Å²) in [5, 5.41) is 0. The van der Waals surface area contributed by atoms with Crippen LogP contribution >= 0.6 is 0 Å². The zero-order valence-electron chi connectivity index (χ0n) is 12.5. The summed E-state index contributed by atoms with van der Waals surface area (Å²) in [4.78, 5) is 0. The van der Waals surface area contributed by atoms with Gasteiger partial charge in [-0.15, -0.1) is 0 Å². The molecule has 100 valence electrons. The number of aromatic nitrogens is 1. The van der Waals surface area contributed by atoms with E-state index in [9.17, 15) is 0 Å². The minimum Gasteiger partial charge on any atom is -0.201 e. The number of pyridine rings is 1. The highest BCUT2D eigenvalue weighted by molar-refractivity contribution is 5.62. The quantitative estimate of drug-likeness (QED) is 0.722. The van der Waals surface area contributed by atoms with E-state index in [1.165, 1.54) is 47.2 Å². The second kappa shape index (κ2) is 6.01. The average Bonchev–Trinajstić information content (AvgIpc) is 2.38. The summed E-state index contributed by atoms with van der Waals surface area (Å²) in [5.74, 6) is 0. The Morgan fingerprint density at radius 2 is 1.84 bits per heavy atom. The van der Waals surface area contributed by atoms with Crippen LogP contribution in [0.25, 0.3) is 11.3 Å². The van der Waals surface area contributed by atoms with Gasteiger partial charge in [0.05, 0.1) is 0 Å². The van der Waals surface area contributed by atoms with E-state index in [4.69, 9.17) is 0 Å². The standard InChI is InChI=1S/C18H24N/c1-5-6-7-16-10-9-15(3)17(12-16)18-11-8-14(2)13-19(18)4/h8-13H,5-7H2,1-4H3/q+1. The Hall–Kier alpha value is -1.63. The smallest absolute Gasteiger partial charge is 0.201 e. The molecule has 0 radical (unpaired) electrons. The largest absolute Gasteiger partial charge is 0.212 e. The number of aryl methyl sites for hydroxylation is 4. The van der Waals surface area contributed by atoms with Gasteiger partial charge in [-0.05, 0) is 49.9 Å². The number of hydrogen-bond acceptors (Lipinski definition) is 0. The highest BCUT2D eigenvalue weighted by Crippen LogP contribution is 2.22. The molecule has 0 spiro atoms.